The van der Waals surface area contributed by atoms with Crippen LogP contribution in [0.25, 0.3) is 0 Å². The monoisotopic (exact) mass is 253 g/mol. The number of rotatable bonds is 3. The summed E-state index contributed by atoms with van der Waals surface area (Å²) in [5, 5.41) is 9.05. The first-order valence-electron chi connectivity index (χ1n) is 5.89. The van der Waals surface area contributed by atoms with E-state index >= 15 is 0 Å². The Morgan fingerprint density at radius 1 is 1.11 bits per heavy atom. The van der Waals surface area contributed by atoms with E-state index in [0.717, 1.165) is 16.9 Å². The molecule has 1 nitrogen and oxygen atoms in total. The number of nitrogens with zero attached hydrogens (tertiary/aromatic N) is 1. The van der Waals surface area contributed by atoms with Gasteiger partial charge in [0.15, 0.2) is 0 Å². The van der Waals surface area contributed by atoms with Gasteiger partial charge in [0, 0.05) is 10.6 Å². The van der Waals surface area contributed by atoms with E-state index in [2.05, 4.69) is 38.1 Å². The van der Waals surface area contributed by atoms with Crippen molar-refractivity contribution in [2.24, 2.45) is 0 Å². The second-order valence-electron chi connectivity index (χ2n) is 4.33. The molecular weight excluding hydrogens is 238 g/mol. The van der Waals surface area contributed by atoms with Gasteiger partial charge in [-0.15, -0.1) is 11.8 Å². The van der Waals surface area contributed by atoms with Crippen molar-refractivity contribution in [2.75, 3.05) is 0 Å². The summed E-state index contributed by atoms with van der Waals surface area (Å²) in [6.07, 6.45) is 0. The van der Waals surface area contributed by atoms with E-state index in [4.69, 9.17) is 5.26 Å². The molecule has 0 heterocycles. The highest BCUT2D eigenvalue weighted by Crippen LogP contribution is 2.27. The van der Waals surface area contributed by atoms with E-state index in [1.807, 2.05) is 24.3 Å². The summed E-state index contributed by atoms with van der Waals surface area (Å²) in [4.78, 5) is 1.29. The lowest BCUT2D eigenvalue weighted by molar-refractivity contribution is 1.25. The smallest absolute Gasteiger partial charge is 0.0994 e. The van der Waals surface area contributed by atoms with Crippen LogP contribution in [-0.2, 0) is 5.75 Å². The molecule has 2 aromatic carbocycles. The topological polar surface area (TPSA) is 23.8 Å². The number of hydrogen-bond donors (Lipinski definition) is 0. The Morgan fingerprint density at radius 2 is 1.89 bits per heavy atom. The van der Waals surface area contributed by atoms with Crippen molar-refractivity contribution in [3.05, 3.63) is 64.7 Å². The van der Waals surface area contributed by atoms with Gasteiger partial charge in [0.05, 0.1) is 11.6 Å². The Morgan fingerprint density at radius 3 is 2.61 bits per heavy atom. The zero-order valence-corrected chi connectivity index (χ0v) is 11.4. The number of thioether (sulfide) groups is 1. The molecule has 0 saturated carbocycles. The van der Waals surface area contributed by atoms with E-state index < -0.39 is 0 Å². The predicted octanol–water partition coefficient (Wildman–Crippen LogP) is 4.47. The molecule has 0 aromatic heterocycles. The fourth-order valence-corrected chi connectivity index (χ4v) is 2.89. The van der Waals surface area contributed by atoms with E-state index in [1.165, 1.54) is 16.0 Å². The van der Waals surface area contributed by atoms with Gasteiger partial charge >= 0.3 is 0 Å². The predicted molar refractivity (Wildman–Crippen MR) is 76.6 cm³/mol. The van der Waals surface area contributed by atoms with Crippen LogP contribution in [0.5, 0.6) is 0 Å². The van der Waals surface area contributed by atoms with Crippen molar-refractivity contribution in [3.8, 4) is 6.07 Å². The maximum atomic E-state index is 9.05. The fraction of sp³-hybridized carbons (Fsp3) is 0.188. The summed E-state index contributed by atoms with van der Waals surface area (Å²) in [5.74, 6) is 0.841. The van der Waals surface area contributed by atoms with Crippen LogP contribution >= 0.6 is 11.8 Å². The van der Waals surface area contributed by atoms with Gasteiger partial charge in [-0.3, -0.25) is 0 Å². The van der Waals surface area contributed by atoms with Crippen molar-refractivity contribution in [2.45, 2.75) is 24.5 Å². The van der Waals surface area contributed by atoms with Crippen LogP contribution in [0.1, 0.15) is 22.3 Å². The SMILES string of the molecule is Cc1ccc(SCc2ccccc2C#N)c(C)c1. The van der Waals surface area contributed by atoms with Crippen LogP contribution in [0.4, 0.5) is 0 Å². The van der Waals surface area contributed by atoms with Crippen LogP contribution in [-0.4, -0.2) is 0 Å². The number of nitriles is 1. The zero-order valence-electron chi connectivity index (χ0n) is 10.6. The van der Waals surface area contributed by atoms with Crippen molar-refractivity contribution >= 4 is 11.8 Å². The van der Waals surface area contributed by atoms with Crippen LogP contribution in [0.15, 0.2) is 47.4 Å². The second kappa shape index (κ2) is 5.75. The van der Waals surface area contributed by atoms with Gasteiger partial charge in [-0.1, -0.05) is 35.9 Å². The number of hydrogen-bond acceptors (Lipinski definition) is 2. The Kier molecular flexibility index (Phi) is 4.07. The molecule has 0 amide bonds. The summed E-state index contributed by atoms with van der Waals surface area (Å²) in [7, 11) is 0. The van der Waals surface area contributed by atoms with Crippen LogP contribution in [0.3, 0.4) is 0 Å². The normalized spacial score (nSPS) is 10.1. The van der Waals surface area contributed by atoms with Gasteiger partial charge in [0.1, 0.15) is 0 Å². The maximum Gasteiger partial charge on any atom is 0.0994 e. The number of aryl methyl sites for hydroxylation is 2. The molecule has 0 spiro atoms. The lowest BCUT2D eigenvalue weighted by Crippen LogP contribution is -1.88. The molecule has 0 fully saturated rings. The third-order valence-electron chi connectivity index (χ3n) is 2.85. The van der Waals surface area contributed by atoms with Crippen LogP contribution in [0.2, 0.25) is 0 Å². The lowest BCUT2D eigenvalue weighted by Gasteiger charge is -2.07. The van der Waals surface area contributed by atoms with Gasteiger partial charge in [0.25, 0.3) is 0 Å². The molecule has 0 aliphatic carbocycles. The molecule has 2 heteroatoms. The van der Waals surface area contributed by atoms with Crippen molar-refractivity contribution in [1.29, 1.82) is 5.26 Å². The minimum absolute atomic E-state index is 0.773. The summed E-state index contributed by atoms with van der Waals surface area (Å²) >= 11 is 1.79. The van der Waals surface area contributed by atoms with Gasteiger partial charge in [-0.2, -0.15) is 5.26 Å². The third-order valence-corrected chi connectivity index (χ3v) is 4.08. The molecule has 0 atom stereocenters. The summed E-state index contributed by atoms with van der Waals surface area (Å²) in [5.41, 5.74) is 4.46. The first kappa shape index (κ1) is 12.7. The molecule has 0 saturated heterocycles. The van der Waals surface area contributed by atoms with E-state index in [9.17, 15) is 0 Å². The Balaban J connectivity index is 2.14. The quantitative estimate of drug-likeness (QED) is 0.754. The molecule has 18 heavy (non-hydrogen) atoms. The van der Waals surface area contributed by atoms with E-state index in [0.29, 0.717) is 0 Å². The Hall–Kier alpha value is -1.72. The first-order chi connectivity index (χ1) is 8.70. The minimum atomic E-state index is 0.773. The van der Waals surface area contributed by atoms with Gasteiger partial charge in [-0.25, -0.2) is 0 Å². The van der Waals surface area contributed by atoms with Crippen molar-refractivity contribution < 1.29 is 0 Å². The lowest BCUT2D eigenvalue weighted by atomic mass is 10.1. The highest BCUT2D eigenvalue weighted by molar-refractivity contribution is 7.98. The minimum Gasteiger partial charge on any atom is -0.192 e. The van der Waals surface area contributed by atoms with Crippen molar-refractivity contribution in [1.82, 2.24) is 0 Å². The summed E-state index contributed by atoms with van der Waals surface area (Å²) < 4.78 is 0. The average Bonchev–Trinajstić information content (AvgIpc) is 2.38. The standard InChI is InChI=1S/C16H15NS/c1-12-7-8-16(13(2)9-12)18-11-15-6-4-3-5-14(15)10-17/h3-9H,11H2,1-2H3. The summed E-state index contributed by atoms with van der Waals surface area (Å²) in [6.45, 7) is 4.23. The number of benzene rings is 2. The molecule has 0 N–H and O–H groups in total. The second-order valence-corrected chi connectivity index (χ2v) is 5.34. The Labute approximate surface area is 112 Å². The van der Waals surface area contributed by atoms with Crippen molar-refractivity contribution in [3.63, 3.8) is 0 Å². The van der Waals surface area contributed by atoms with Gasteiger partial charge in [0.2, 0.25) is 0 Å². The molecule has 2 rings (SSSR count). The first-order valence-corrected chi connectivity index (χ1v) is 6.87. The molecule has 90 valence electrons. The van der Waals surface area contributed by atoms with E-state index in [-0.39, 0.29) is 0 Å². The Bertz CT molecular complexity index is 596. The zero-order chi connectivity index (χ0) is 13.0. The average molecular weight is 253 g/mol. The van der Waals surface area contributed by atoms with E-state index in [1.54, 1.807) is 11.8 Å². The highest BCUT2D eigenvalue weighted by atomic mass is 32.2. The van der Waals surface area contributed by atoms with Gasteiger partial charge < -0.3 is 0 Å². The molecular formula is C16H15NS. The molecule has 0 bridgehead atoms. The van der Waals surface area contributed by atoms with Crippen LogP contribution in [0, 0.1) is 25.2 Å². The highest BCUT2D eigenvalue weighted by Gasteiger charge is 2.03. The molecule has 0 radical (unpaired) electrons. The summed E-state index contributed by atoms with van der Waals surface area (Å²) in [6, 6.07) is 16.5. The van der Waals surface area contributed by atoms with Crippen LogP contribution < -0.4 is 0 Å². The largest absolute Gasteiger partial charge is 0.192 e. The van der Waals surface area contributed by atoms with Gasteiger partial charge in [-0.05, 0) is 37.1 Å². The molecule has 0 aliphatic heterocycles. The third kappa shape index (κ3) is 2.94. The maximum absolute atomic E-state index is 9.05. The molecule has 0 aliphatic rings. The molecule has 0 unspecified atom stereocenters. The fourth-order valence-electron chi connectivity index (χ4n) is 1.87. The molecule has 2 aromatic rings.